The van der Waals surface area contributed by atoms with Crippen LogP contribution in [-0.4, -0.2) is 23.3 Å². The van der Waals surface area contributed by atoms with E-state index in [9.17, 15) is 0 Å². The van der Waals surface area contributed by atoms with E-state index in [1.165, 1.54) is 0 Å². The van der Waals surface area contributed by atoms with E-state index in [1.54, 1.807) is 31.8 Å². The maximum absolute atomic E-state index is 5.20. The normalized spacial score (nSPS) is 10.6. The largest absolute Gasteiger partial charge is 0.496 e. The molecule has 0 unspecified atom stereocenters. The SMILES string of the molecule is COc1ccccc1C=Nc1ncccn1. The molecular formula is C12H11N3O. The van der Waals surface area contributed by atoms with Crippen molar-refractivity contribution in [2.45, 2.75) is 0 Å². The molecule has 0 N–H and O–H groups in total. The summed E-state index contributed by atoms with van der Waals surface area (Å²) in [7, 11) is 1.63. The number of hydrogen-bond donors (Lipinski definition) is 0. The zero-order valence-corrected chi connectivity index (χ0v) is 8.87. The first-order valence-electron chi connectivity index (χ1n) is 4.84. The van der Waals surface area contributed by atoms with Gasteiger partial charge in [-0.3, -0.25) is 0 Å². The van der Waals surface area contributed by atoms with E-state index in [0.29, 0.717) is 5.95 Å². The Balaban J connectivity index is 2.24. The number of benzene rings is 1. The summed E-state index contributed by atoms with van der Waals surface area (Å²) in [5.41, 5.74) is 0.900. The van der Waals surface area contributed by atoms with Gasteiger partial charge in [-0.25, -0.2) is 15.0 Å². The molecule has 16 heavy (non-hydrogen) atoms. The van der Waals surface area contributed by atoms with Crippen LogP contribution in [0.25, 0.3) is 0 Å². The van der Waals surface area contributed by atoms with Crippen molar-refractivity contribution in [2.75, 3.05) is 7.11 Å². The van der Waals surface area contributed by atoms with Gasteiger partial charge in [0.2, 0.25) is 5.95 Å². The van der Waals surface area contributed by atoms with Gasteiger partial charge >= 0.3 is 0 Å². The first-order chi connectivity index (χ1) is 7.90. The number of aliphatic imine (C=N–C) groups is 1. The van der Waals surface area contributed by atoms with Gasteiger partial charge in [-0.2, -0.15) is 0 Å². The van der Waals surface area contributed by atoms with Gasteiger partial charge in [0.15, 0.2) is 0 Å². The Labute approximate surface area is 93.7 Å². The van der Waals surface area contributed by atoms with E-state index in [-0.39, 0.29) is 0 Å². The van der Waals surface area contributed by atoms with Crippen LogP contribution in [0.15, 0.2) is 47.7 Å². The maximum atomic E-state index is 5.20. The van der Waals surface area contributed by atoms with Gasteiger partial charge in [0, 0.05) is 24.2 Å². The van der Waals surface area contributed by atoms with Crippen LogP contribution in [0.3, 0.4) is 0 Å². The Bertz CT molecular complexity index is 483. The predicted molar refractivity (Wildman–Crippen MR) is 62.3 cm³/mol. The summed E-state index contributed by atoms with van der Waals surface area (Å²) in [5, 5.41) is 0. The average Bonchev–Trinajstić information content (AvgIpc) is 2.38. The molecule has 0 atom stereocenters. The number of hydrogen-bond acceptors (Lipinski definition) is 4. The molecule has 0 radical (unpaired) electrons. The molecule has 2 rings (SSSR count). The summed E-state index contributed by atoms with van der Waals surface area (Å²) in [6.07, 6.45) is 5.00. The fourth-order valence-corrected chi connectivity index (χ4v) is 1.26. The molecule has 0 bridgehead atoms. The average molecular weight is 213 g/mol. The summed E-state index contributed by atoms with van der Waals surface area (Å²) in [5.74, 6) is 1.22. The van der Waals surface area contributed by atoms with Crippen molar-refractivity contribution in [3.05, 3.63) is 48.3 Å². The fourth-order valence-electron chi connectivity index (χ4n) is 1.26. The number of para-hydroxylation sites is 1. The zero-order chi connectivity index (χ0) is 11.2. The summed E-state index contributed by atoms with van der Waals surface area (Å²) in [6, 6.07) is 9.39. The van der Waals surface area contributed by atoms with Crippen LogP contribution in [-0.2, 0) is 0 Å². The van der Waals surface area contributed by atoms with Crippen molar-refractivity contribution >= 4 is 12.2 Å². The van der Waals surface area contributed by atoms with Crippen molar-refractivity contribution in [3.63, 3.8) is 0 Å². The van der Waals surface area contributed by atoms with Gasteiger partial charge in [-0.1, -0.05) is 12.1 Å². The van der Waals surface area contributed by atoms with Crippen LogP contribution in [0.4, 0.5) is 5.95 Å². The van der Waals surface area contributed by atoms with Gasteiger partial charge in [0.1, 0.15) is 5.75 Å². The number of rotatable bonds is 3. The fraction of sp³-hybridized carbons (Fsp3) is 0.0833. The molecule has 0 saturated heterocycles. The van der Waals surface area contributed by atoms with Crippen molar-refractivity contribution in [1.29, 1.82) is 0 Å². The molecule has 0 spiro atoms. The molecule has 0 amide bonds. The standard InChI is InChI=1S/C12H11N3O/c1-16-11-6-3-2-5-10(11)9-15-12-13-7-4-8-14-12/h2-9H,1H3. The molecule has 1 aromatic carbocycles. The van der Waals surface area contributed by atoms with E-state index >= 15 is 0 Å². The predicted octanol–water partition coefficient (Wildman–Crippen LogP) is 2.24. The molecule has 0 aliphatic heterocycles. The molecule has 80 valence electrons. The number of methoxy groups -OCH3 is 1. The highest BCUT2D eigenvalue weighted by Crippen LogP contribution is 2.15. The van der Waals surface area contributed by atoms with Crippen LogP contribution in [0.5, 0.6) is 5.75 Å². The van der Waals surface area contributed by atoms with Gasteiger partial charge in [0.25, 0.3) is 0 Å². The third kappa shape index (κ3) is 2.42. The molecule has 1 aromatic heterocycles. The van der Waals surface area contributed by atoms with Gasteiger partial charge in [-0.15, -0.1) is 0 Å². The minimum absolute atomic E-state index is 0.438. The monoisotopic (exact) mass is 213 g/mol. The minimum Gasteiger partial charge on any atom is -0.496 e. The Morgan fingerprint density at radius 1 is 1.12 bits per heavy atom. The molecule has 4 nitrogen and oxygen atoms in total. The Hall–Kier alpha value is -2.23. The van der Waals surface area contributed by atoms with E-state index in [4.69, 9.17) is 4.74 Å². The van der Waals surface area contributed by atoms with Gasteiger partial charge in [-0.05, 0) is 18.2 Å². The Morgan fingerprint density at radius 2 is 1.88 bits per heavy atom. The number of nitrogens with zero attached hydrogens (tertiary/aromatic N) is 3. The first-order valence-corrected chi connectivity index (χ1v) is 4.84. The molecule has 2 aromatic rings. The van der Waals surface area contributed by atoms with Crippen LogP contribution < -0.4 is 4.74 Å². The number of ether oxygens (including phenoxy) is 1. The quantitative estimate of drug-likeness (QED) is 0.734. The highest BCUT2D eigenvalue weighted by Gasteiger charge is 1.97. The molecule has 4 heteroatoms. The molecule has 0 fully saturated rings. The second kappa shape index (κ2) is 5.02. The second-order valence-corrected chi connectivity index (χ2v) is 3.05. The van der Waals surface area contributed by atoms with E-state index < -0.39 is 0 Å². The van der Waals surface area contributed by atoms with E-state index in [1.807, 2.05) is 24.3 Å². The van der Waals surface area contributed by atoms with Crippen LogP contribution in [0, 0.1) is 0 Å². The highest BCUT2D eigenvalue weighted by molar-refractivity contribution is 5.84. The van der Waals surface area contributed by atoms with Crippen molar-refractivity contribution in [3.8, 4) is 5.75 Å². The van der Waals surface area contributed by atoms with Crippen LogP contribution in [0.1, 0.15) is 5.56 Å². The lowest BCUT2D eigenvalue weighted by atomic mass is 10.2. The lowest BCUT2D eigenvalue weighted by molar-refractivity contribution is 0.414. The van der Waals surface area contributed by atoms with E-state index in [0.717, 1.165) is 11.3 Å². The summed E-state index contributed by atoms with van der Waals surface area (Å²) in [4.78, 5) is 12.2. The number of aromatic nitrogens is 2. The van der Waals surface area contributed by atoms with E-state index in [2.05, 4.69) is 15.0 Å². The van der Waals surface area contributed by atoms with Crippen LogP contribution in [0.2, 0.25) is 0 Å². The van der Waals surface area contributed by atoms with Crippen molar-refractivity contribution < 1.29 is 4.74 Å². The topological polar surface area (TPSA) is 47.4 Å². The Kier molecular flexibility index (Phi) is 3.23. The third-order valence-electron chi connectivity index (χ3n) is 2.01. The highest BCUT2D eigenvalue weighted by atomic mass is 16.5. The van der Waals surface area contributed by atoms with Gasteiger partial charge in [0.05, 0.1) is 7.11 Å². The van der Waals surface area contributed by atoms with Crippen LogP contribution >= 0.6 is 0 Å². The summed E-state index contributed by atoms with van der Waals surface area (Å²) >= 11 is 0. The molecule has 0 saturated carbocycles. The molecule has 0 aliphatic rings. The minimum atomic E-state index is 0.438. The first kappa shape index (κ1) is 10.3. The van der Waals surface area contributed by atoms with Gasteiger partial charge < -0.3 is 4.74 Å². The van der Waals surface area contributed by atoms with Crippen molar-refractivity contribution in [1.82, 2.24) is 9.97 Å². The molecular weight excluding hydrogens is 202 g/mol. The lowest BCUT2D eigenvalue weighted by Gasteiger charge is -2.02. The maximum Gasteiger partial charge on any atom is 0.249 e. The van der Waals surface area contributed by atoms with Crippen molar-refractivity contribution in [2.24, 2.45) is 4.99 Å². The smallest absolute Gasteiger partial charge is 0.249 e. The molecule has 0 aliphatic carbocycles. The second-order valence-electron chi connectivity index (χ2n) is 3.05. The summed E-state index contributed by atoms with van der Waals surface area (Å²) in [6.45, 7) is 0. The third-order valence-corrected chi connectivity index (χ3v) is 2.01. The molecule has 1 heterocycles. The summed E-state index contributed by atoms with van der Waals surface area (Å²) < 4.78 is 5.20. The lowest BCUT2D eigenvalue weighted by Crippen LogP contribution is -1.90. The zero-order valence-electron chi connectivity index (χ0n) is 8.87. The Morgan fingerprint density at radius 3 is 2.62 bits per heavy atom.